The molecule has 0 aromatic heterocycles. The lowest BCUT2D eigenvalue weighted by atomic mass is 9.90. The molecule has 1 rings (SSSR count). The van der Waals surface area contributed by atoms with E-state index < -0.39 is 24.6 Å². The van der Waals surface area contributed by atoms with Crippen molar-refractivity contribution in [2.24, 2.45) is 0 Å². The van der Waals surface area contributed by atoms with E-state index in [0.29, 0.717) is 18.8 Å². The van der Waals surface area contributed by atoms with E-state index in [2.05, 4.69) is 18.7 Å². The normalized spacial score (nSPS) is 15.3. The first-order valence-corrected chi connectivity index (χ1v) is 8.57. The molecule has 138 valence electrons. The van der Waals surface area contributed by atoms with Crippen LogP contribution in [0.25, 0.3) is 0 Å². The summed E-state index contributed by atoms with van der Waals surface area (Å²) < 4.78 is 10.8. The van der Waals surface area contributed by atoms with E-state index in [1.807, 2.05) is 12.1 Å². The summed E-state index contributed by atoms with van der Waals surface area (Å²) >= 11 is 0. The van der Waals surface area contributed by atoms with Gasteiger partial charge in [-0.1, -0.05) is 12.1 Å². The number of benzene rings is 1. The Morgan fingerprint density at radius 2 is 1.50 bits per heavy atom. The number of nitrogens with zero attached hydrogens (tertiary/aromatic N) is 1. The molecule has 0 aliphatic rings. The first-order valence-electron chi connectivity index (χ1n) is 8.57. The van der Waals surface area contributed by atoms with Crippen molar-refractivity contribution in [3.63, 3.8) is 0 Å². The maximum atomic E-state index is 10.8. The van der Waals surface area contributed by atoms with Gasteiger partial charge in [0.2, 0.25) is 0 Å². The molecule has 0 heterocycles. The Hall–Kier alpha value is -1.18. The number of ether oxygens (including phenoxy) is 2. The molecule has 3 N–H and O–H groups in total. The zero-order valence-corrected chi connectivity index (χ0v) is 15.1. The van der Waals surface area contributed by atoms with E-state index in [1.165, 1.54) is 0 Å². The average molecular weight is 341 g/mol. The van der Waals surface area contributed by atoms with Gasteiger partial charge in [-0.15, -0.1) is 0 Å². The maximum absolute atomic E-state index is 10.8. The van der Waals surface area contributed by atoms with Gasteiger partial charge in [0.1, 0.15) is 6.10 Å². The molecule has 0 radical (unpaired) electrons. The third kappa shape index (κ3) is 4.68. The number of rotatable bonds is 11. The quantitative estimate of drug-likeness (QED) is 0.531. The maximum Gasteiger partial charge on any atom is 0.191 e. The van der Waals surface area contributed by atoms with Crippen LogP contribution in [0.2, 0.25) is 0 Å². The number of hydrogen-bond acceptors (Lipinski definition) is 6. The molecule has 0 amide bonds. The predicted octanol–water partition coefficient (Wildman–Crippen LogP) is 1.69. The summed E-state index contributed by atoms with van der Waals surface area (Å²) in [5.41, 5.74) is -0.413. The van der Waals surface area contributed by atoms with Gasteiger partial charge in [0, 0.05) is 32.0 Å². The second-order valence-electron chi connectivity index (χ2n) is 5.56. The summed E-state index contributed by atoms with van der Waals surface area (Å²) in [7, 11) is 0. The molecular formula is C18H31NO5. The molecule has 0 bridgehead atoms. The van der Waals surface area contributed by atoms with Gasteiger partial charge in [-0.25, -0.2) is 0 Å². The largest absolute Gasteiger partial charge is 0.393 e. The van der Waals surface area contributed by atoms with Gasteiger partial charge in [-0.3, -0.25) is 0 Å². The molecule has 1 aromatic rings. The Labute approximate surface area is 144 Å². The molecule has 2 atom stereocenters. The highest BCUT2D eigenvalue weighted by molar-refractivity contribution is 5.48. The van der Waals surface area contributed by atoms with Crippen LogP contribution in [-0.2, 0) is 9.47 Å². The first kappa shape index (κ1) is 20.9. The fourth-order valence-electron chi connectivity index (χ4n) is 2.67. The molecule has 6 nitrogen and oxygen atoms in total. The topological polar surface area (TPSA) is 82.4 Å². The van der Waals surface area contributed by atoms with Crippen molar-refractivity contribution < 1.29 is 24.8 Å². The van der Waals surface area contributed by atoms with Crippen molar-refractivity contribution in [1.29, 1.82) is 0 Å². The molecule has 0 fully saturated rings. The van der Waals surface area contributed by atoms with Crippen LogP contribution >= 0.6 is 0 Å². The van der Waals surface area contributed by atoms with Gasteiger partial charge >= 0.3 is 0 Å². The minimum absolute atomic E-state index is 0.292. The fourth-order valence-corrected chi connectivity index (χ4v) is 2.67. The van der Waals surface area contributed by atoms with Gasteiger partial charge in [0.05, 0.1) is 6.61 Å². The minimum Gasteiger partial charge on any atom is -0.393 e. The lowest BCUT2D eigenvalue weighted by molar-refractivity contribution is -0.275. The summed E-state index contributed by atoms with van der Waals surface area (Å²) in [5.74, 6) is 0. The number of anilines is 1. The molecule has 1 aromatic carbocycles. The second-order valence-corrected chi connectivity index (χ2v) is 5.56. The molecule has 0 spiro atoms. The number of hydrogen-bond donors (Lipinski definition) is 3. The molecule has 0 aliphatic carbocycles. The molecule has 0 saturated carbocycles. The van der Waals surface area contributed by atoms with Crippen molar-refractivity contribution in [1.82, 2.24) is 0 Å². The van der Waals surface area contributed by atoms with Gasteiger partial charge in [0.25, 0.3) is 0 Å². The lowest BCUT2D eigenvalue weighted by Crippen LogP contribution is -2.53. The molecular weight excluding hydrogens is 310 g/mol. The highest BCUT2D eigenvalue weighted by Crippen LogP contribution is 2.32. The lowest BCUT2D eigenvalue weighted by Gasteiger charge is -2.37. The fraction of sp³-hybridized carbons (Fsp3) is 0.667. The Morgan fingerprint density at radius 3 is 1.88 bits per heavy atom. The number of aliphatic hydroxyl groups is 3. The highest BCUT2D eigenvalue weighted by Gasteiger charge is 2.45. The smallest absolute Gasteiger partial charge is 0.191 e. The van der Waals surface area contributed by atoms with E-state index >= 15 is 0 Å². The van der Waals surface area contributed by atoms with Crippen molar-refractivity contribution in [3.8, 4) is 0 Å². The van der Waals surface area contributed by atoms with Crippen molar-refractivity contribution in [2.45, 2.75) is 45.7 Å². The monoisotopic (exact) mass is 341 g/mol. The zero-order valence-electron chi connectivity index (χ0n) is 15.1. The Bertz CT molecular complexity index is 457. The van der Waals surface area contributed by atoms with Gasteiger partial charge in [-0.2, -0.15) is 0 Å². The molecule has 0 saturated heterocycles. The van der Waals surface area contributed by atoms with Gasteiger partial charge < -0.3 is 29.7 Å². The molecule has 0 unspecified atom stereocenters. The van der Waals surface area contributed by atoms with E-state index in [4.69, 9.17) is 9.47 Å². The third-order valence-electron chi connectivity index (χ3n) is 4.11. The highest BCUT2D eigenvalue weighted by atomic mass is 16.7. The third-order valence-corrected chi connectivity index (χ3v) is 4.11. The van der Waals surface area contributed by atoms with E-state index in [0.717, 1.165) is 18.8 Å². The Balaban J connectivity index is 3.04. The summed E-state index contributed by atoms with van der Waals surface area (Å²) in [5, 5.41) is 31.1. The minimum atomic E-state index is -1.94. The van der Waals surface area contributed by atoms with Crippen molar-refractivity contribution >= 4 is 5.69 Å². The van der Waals surface area contributed by atoms with Crippen LogP contribution in [0.4, 0.5) is 5.69 Å². The SMILES string of the molecule is CCOC(OCC)[C@](O)(CO)[C@H](O)c1ccc(N(CC)CC)cc1. The average Bonchev–Trinajstić information content (AvgIpc) is 2.62. The number of aliphatic hydroxyl groups excluding tert-OH is 2. The van der Waals surface area contributed by atoms with E-state index in [1.54, 1.807) is 26.0 Å². The van der Waals surface area contributed by atoms with Crippen LogP contribution in [0, 0.1) is 0 Å². The molecule has 0 aliphatic heterocycles. The first-order chi connectivity index (χ1) is 11.5. The Kier molecular flexibility index (Phi) is 8.66. The van der Waals surface area contributed by atoms with Crippen LogP contribution in [-0.4, -0.2) is 60.1 Å². The zero-order chi connectivity index (χ0) is 18.2. The summed E-state index contributed by atoms with van der Waals surface area (Å²) in [6, 6.07) is 7.27. The van der Waals surface area contributed by atoms with Gasteiger partial charge in [0.15, 0.2) is 11.9 Å². The van der Waals surface area contributed by atoms with Gasteiger partial charge in [-0.05, 0) is 45.4 Å². The van der Waals surface area contributed by atoms with Crippen LogP contribution in [0.15, 0.2) is 24.3 Å². The van der Waals surface area contributed by atoms with Crippen LogP contribution in [0.1, 0.15) is 39.4 Å². The summed E-state index contributed by atoms with van der Waals surface area (Å²) in [6.07, 6.45) is -2.45. The molecule has 6 heteroatoms. The standard InChI is InChI=1S/C18H31NO5/c1-5-19(6-2)15-11-9-14(10-12-15)16(21)18(22,13-20)17(23-7-3)24-8-4/h9-12,16-17,20-22H,5-8,13H2,1-4H3/t16-,18+/m1/s1. The van der Waals surface area contributed by atoms with Crippen molar-refractivity contribution in [2.75, 3.05) is 37.8 Å². The van der Waals surface area contributed by atoms with Crippen LogP contribution < -0.4 is 4.90 Å². The Morgan fingerprint density at radius 1 is 1.00 bits per heavy atom. The van der Waals surface area contributed by atoms with Crippen LogP contribution in [0.3, 0.4) is 0 Å². The van der Waals surface area contributed by atoms with Crippen LogP contribution in [0.5, 0.6) is 0 Å². The van der Waals surface area contributed by atoms with E-state index in [-0.39, 0.29) is 0 Å². The second kappa shape index (κ2) is 9.96. The summed E-state index contributed by atoms with van der Waals surface area (Å²) in [4.78, 5) is 2.18. The molecule has 24 heavy (non-hydrogen) atoms. The predicted molar refractivity (Wildman–Crippen MR) is 94.0 cm³/mol. The summed E-state index contributed by atoms with van der Waals surface area (Å²) in [6.45, 7) is 9.34. The van der Waals surface area contributed by atoms with E-state index in [9.17, 15) is 15.3 Å². The van der Waals surface area contributed by atoms with Crippen molar-refractivity contribution in [3.05, 3.63) is 29.8 Å².